The quantitative estimate of drug-likeness (QED) is 0.625. The molecule has 0 spiro atoms. The average Bonchev–Trinajstić information content (AvgIpc) is 2.43. The second-order valence-corrected chi connectivity index (χ2v) is 2.89. The monoisotopic (exact) mass is 189 g/mol. The van der Waals surface area contributed by atoms with Crippen molar-refractivity contribution in [1.29, 1.82) is 0 Å². The average molecular weight is 189 g/mol. The first-order chi connectivity index (χ1) is 6.86. The van der Waals surface area contributed by atoms with Crippen molar-refractivity contribution in [2.75, 3.05) is 14.2 Å². The van der Waals surface area contributed by atoms with Gasteiger partial charge in [0.15, 0.2) is 0 Å². The highest BCUT2D eigenvalue weighted by Crippen LogP contribution is 2.13. The molecule has 14 heavy (non-hydrogen) atoms. The van der Waals surface area contributed by atoms with Gasteiger partial charge < -0.3 is 4.74 Å². The molecule has 0 aromatic carbocycles. The van der Waals surface area contributed by atoms with Crippen LogP contribution < -0.4 is 0 Å². The molecule has 1 aliphatic carbocycles. The third-order valence-corrected chi connectivity index (χ3v) is 1.86. The Labute approximate surface area is 85.0 Å². The summed E-state index contributed by atoms with van der Waals surface area (Å²) < 4.78 is 5.17. The molecule has 74 valence electrons. The Bertz CT molecular complexity index is 319. The van der Waals surface area contributed by atoms with Crippen molar-refractivity contribution in [2.24, 2.45) is 4.99 Å². The largest absolute Gasteiger partial charge is 0.497 e. The van der Waals surface area contributed by atoms with Crippen molar-refractivity contribution in [3.8, 4) is 0 Å². The molecule has 0 N–H and O–H groups in total. The summed E-state index contributed by atoms with van der Waals surface area (Å²) in [6.07, 6.45) is 14.8. The van der Waals surface area contributed by atoms with Gasteiger partial charge in [0.1, 0.15) is 5.76 Å². The molecular formula is C12H15NO. The van der Waals surface area contributed by atoms with E-state index in [0.29, 0.717) is 0 Å². The van der Waals surface area contributed by atoms with Crippen LogP contribution in [0.4, 0.5) is 0 Å². The summed E-state index contributed by atoms with van der Waals surface area (Å²) in [6.45, 7) is 0. The van der Waals surface area contributed by atoms with Gasteiger partial charge in [-0.25, -0.2) is 0 Å². The molecule has 0 amide bonds. The van der Waals surface area contributed by atoms with Crippen molar-refractivity contribution in [1.82, 2.24) is 0 Å². The van der Waals surface area contributed by atoms with Crippen LogP contribution in [0.15, 0.2) is 52.8 Å². The van der Waals surface area contributed by atoms with E-state index < -0.39 is 0 Å². The van der Waals surface area contributed by atoms with Gasteiger partial charge in [0.2, 0.25) is 0 Å². The van der Waals surface area contributed by atoms with Crippen LogP contribution in [-0.4, -0.2) is 20.4 Å². The summed E-state index contributed by atoms with van der Waals surface area (Å²) in [5.41, 5.74) is 1.21. The summed E-state index contributed by atoms with van der Waals surface area (Å²) in [5.74, 6) is 0.881. The Morgan fingerprint density at radius 1 is 1.50 bits per heavy atom. The zero-order chi connectivity index (χ0) is 10.2. The number of hydrogen-bond donors (Lipinski definition) is 0. The lowest BCUT2D eigenvalue weighted by atomic mass is 10.1. The predicted molar refractivity (Wildman–Crippen MR) is 60.5 cm³/mol. The standard InChI is InChI=1S/C12H15NO/c1-13-9-5-7-11-6-3-4-8-12(10-11)14-2/h3-5,7-10H,6H2,1-2H3/b7-5-,13-9?. The molecule has 0 aromatic heterocycles. The van der Waals surface area contributed by atoms with Crippen LogP contribution in [0.25, 0.3) is 0 Å². The minimum Gasteiger partial charge on any atom is -0.497 e. The highest BCUT2D eigenvalue weighted by atomic mass is 16.5. The molecular weight excluding hydrogens is 174 g/mol. The lowest BCUT2D eigenvalue weighted by Crippen LogP contribution is -1.82. The van der Waals surface area contributed by atoms with E-state index in [4.69, 9.17) is 4.74 Å². The first-order valence-corrected chi connectivity index (χ1v) is 4.57. The van der Waals surface area contributed by atoms with E-state index >= 15 is 0 Å². The predicted octanol–water partition coefficient (Wildman–Crippen LogP) is 2.66. The fourth-order valence-corrected chi connectivity index (χ4v) is 1.15. The van der Waals surface area contributed by atoms with E-state index in [-0.39, 0.29) is 0 Å². The molecule has 0 heterocycles. The third kappa shape index (κ3) is 3.44. The van der Waals surface area contributed by atoms with Crippen molar-refractivity contribution in [3.63, 3.8) is 0 Å². The number of aliphatic imine (C=N–C) groups is 1. The summed E-state index contributed by atoms with van der Waals surface area (Å²) in [4.78, 5) is 3.88. The highest BCUT2D eigenvalue weighted by molar-refractivity contribution is 5.71. The molecule has 0 saturated carbocycles. The van der Waals surface area contributed by atoms with E-state index in [1.807, 2.05) is 30.4 Å². The number of ether oxygens (including phenoxy) is 1. The van der Waals surface area contributed by atoms with Gasteiger partial charge >= 0.3 is 0 Å². The summed E-state index contributed by atoms with van der Waals surface area (Å²) in [6, 6.07) is 0. The van der Waals surface area contributed by atoms with Gasteiger partial charge in [-0.05, 0) is 30.2 Å². The van der Waals surface area contributed by atoms with Crippen molar-refractivity contribution in [3.05, 3.63) is 47.8 Å². The van der Waals surface area contributed by atoms with Crippen LogP contribution >= 0.6 is 0 Å². The second-order valence-electron chi connectivity index (χ2n) is 2.89. The zero-order valence-electron chi connectivity index (χ0n) is 8.60. The summed E-state index contributed by atoms with van der Waals surface area (Å²) in [5, 5.41) is 0. The van der Waals surface area contributed by atoms with Crippen LogP contribution in [0.1, 0.15) is 6.42 Å². The Morgan fingerprint density at radius 3 is 3.07 bits per heavy atom. The minimum absolute atomic E-state index is 0.881. The molecule has 0 unspecified atom stereocenters. The van der Waals surface area contributed by atoms with E-state index in [1.54, 1.807) is 20.4 Å². The normalized spacial score (nSPS) is 17.0. The van der Waals surface area contributed by atoms with Crippen molar-refractivity contribution in [2.45, 2.75) is 6.42 Å². The number of rotatable bonds is 3. The van der Waals surface area contributed by atoms with Gasteiger partial charge in [-0.1, -0.05) is 18.2 Å². The molecule has 0 bridgehead atoms. The maximum absolute atomic E-state index is 5.17. The van der Waals surface area contributed by atoms with Gasteiger partial charge in [0, 0.05) is 13.3 Å². The van der Waals surface area contributed by atoms with Crippen LogP contribution in [0.5, 0.6) is 0 Å². The maximum atomic E-state index is 5.17. The Kier molecular flexibility index (Phi) is 4.48. The van der Waals surface area contributed by atoms with Gasteiger partial charge in [-0.15, -0.1) is 0 Å². The SMILES string of the molecule is CN=C/C=C\C1=CC(OC)=CC=CC1. The van der Waals surface area contributed by atoms with E-state index in [1.165, 1.54) is 5.57 Å². The Hall–Kier alpha value is -1.57. The number of hydrogen-bond acceptors (Lipinski definition) is 2. The minimum atomic E-state index is 0.881. The fraction of sp³-hybridized carbons (Fsp3) is 0.250. The Morgan fingerprint density at radius 2 is 2.36 bits per heavy atom. The summed E-state index contributed by atoms with van der Waals surface area (Å²) in [7, 11) is 3.43. The van der Waals surface area contributed by atoms with Gasteiger partial charge in [-0.3, -0.25) is 4.99 Å². The molecule has 2 nitrogen and oxygen atoms in total. The van der Waals surface area contributed by atoms with Gasteiger partial charge in [0.05, 0.1) is 7.11 Å². The second kappa shape index (κ2) is 5.97. The van der Waals surface area contributed by atoms with Crippen molar-refractivity contribution >= 4 is 6.21 Å². The Balaban J connectivity index is 2.73. The zero-order valence-corrected chi connectivity index (χ0v) is 8.60. The molecule has 0 fully saturated rings. The maximum Gasteiger partial charge on any atom is 0.119 e. The molecule has 1 rings (SSSR count). The fourth-order valence-electron chi connectivity index (χ4n) is 1.15. The number of allylic oxidation sites excluding steroid dienone is 7. The summed E-state index contributed by atoms with van der Waals surface area (Å²) >= 11 is 0. The molecule has 1 aliphatic rings. The molecule has 0 saturated heterocycles. The molecule has 2 heteroatoms. The first kappa shape index (κ1) is 10.5. The smallest absolute Gasteiger partial charge is 0.119 e. The topological polar surface area (TPSA) is 21.6 Å². The van der Waals surface area contributed by atoms with Crippen LogP contribution in [0, 0.1) is 0 Å². The molecule has 0 aliphatic heterocycles. The molecule has 0 atom stereocenters. The first-order valence-electron chi connectivity index (χ1n) is 4.57. The highest BCUT2D eigenvalue weighted by Gasteiger charge is 1.96. The molecule has 0 aromatic rings. The van der Waals surface area contributed by atoms with Crippen LogP contribution in [0.3, 0.4) is 0 Å². The van der Waals surface area contributed by atoms with E-state index in [0.717, 1.165) is 12.2 Å². The van der Waals surface area contributed by atoms with Crippen LogP contribution in [-0.2, 0) is 4.74 Å². The lowest BCUT2D eigenvalue weighted by Gasteiger charge is -1.99. The third-order valence-electron chi connectivity index (χ3n) is 1.86. The van der Waals surface area contributed by atoms with Crippen LogP contribution in [0.2, 0.25) is 0 Å². The van der Waals surface area contributed by atoms with Gasteiger partial charge in [-0.2, -0.15) is 0 Å². The van der Waals surface area contributed by atoms with Crippen molar-refractivity contribution < 1.29 is 4.74 Å². The van der Waals surface area contributed by atoms with E-state index in [2.05, 4.69) is 11.1 Å². The number of nitrogens with zero attached hydrogens (tertiary/aromatic N) is 1. The lowest BCUT2D eigenvalue weighted by molar-refractivity contribution is 0.306. The number of methoxy groups -OCH3 is 1. The molecule has 0 radical (unpaired) electrons. The van der Waals surface area contributed by atoms with Gasteiger partial charge in [0.25, 0.3) is 0 Å². The van der Waals surface area contributed by atoms with E-state index in [9.17, 15) is 0 Å².